The van der Waals surface area contributed by atoms with E-state index >= 15 is 0 Å². The minimum absolute atomic E-state index is 0.0487. The maximum Gasteiger partial charge on any atom is 0.245 e. The van der Waals surface area contributed by atoms with E-state index in [1.54, 1.807) is 4.90 Å². The van der Waals surface area contributed by atoms with Crippen molar-refractivity contribution in [3.05, 3.63) is 23.8 Å². The van der Waals surface area contributed by atoms with Gasteiger partial charge in [0, 0.05) is 25.6 Å². The number of carbonyl (C=O) groups is 2. The summed E-state index contributed by atoms with van der Waals surface area (Å²) < 4.78 is 11.6. The largest absolute Gasteiger partial charge is 0.490 e. The van der Waals surface area contributed by atoms with Crippen molar-refractivity contribution in [1.82, 2.24) is 9.80 Å². The lowest BCUT2D eigenvalue weighted by atomic mass is 10.1. The van der Waals surface area contributed by atoms with Gasteiger partial charge in [-0.05, 0) is 50.3 Å². The first-order valence-corrected chi connectivity index (χ1v) is 11.4. The summed E-state index contributed by atoms with van der Waals surface area (Å²) in [6.07, 6.45) is 3.42. The molecule has 2 rings (SSSR count). The van der Waals surface area contributed by atoms with Crippen LogP contribution in [0.1, 0.15) is 65.9 Å². The second kappa shape index (κ2) is 11.8. The monoisotopic (exact) mass is 418 g/mol. The highest BCUT2D eigenvalue weighted by Crippen LogP contribution is 2.30. The second-order valence-electron chi connectivity index (χ2n) is 8.17. The third-order valence-electron chi connectivity index (χ3n) is 5.26. The number of likely N-dealkylation sites (tertiary alicyclic amines) is 1. The number of hydrogen-bond acceptors (Lipinski definition) is 4. The Morgan fingerprint density at radius 3 is 2.53 bits per heavy atom. The Morgan fingerprint density at radius 1 is 1.13 bits per heavy atom. The zero-order valence-electron chi connectivity index (χ0n) is 19.3. The average molecular weight is 419 g/mol. The molecule has 1 atom stereocenters. The molecular weight excluding hydrogens is 380 g/mol. The molecule has 6 heteroatoms. The molecule has 1 aromatic carbocycles. The highest BCUT2D eigenvalue weighted by atomic mass is 16.5. The lowest BCUT2D eigenvalue weighted by Gasteiger charge is -2.31. The van der Waals surface area contributed by atoms with Crippen molar-refractivity contribution in [3.8, 4) is 11.5 Å². The van der Waals surface area contributed by atoms with Gasteiger partial charge in [0.15, 0.2) is 11.5 Å². The lowest BCUT2D eigenvalue weighted by Crippen LogP contribution is -2.48. The van der Waals surface area contributed by atoms with Crippen LogP contribution in [0.3, 0.4) is 0 Å². The summed E-state index contributed by atoms with van der Waals surface area (Å²) in [5.41, 5.74) is 1.00. The van der Waals surface area contributed by atoms with Crippen molar-refractivity contribution in [2.75, 3.05) is 26.3 Å². The van der Waals surface area contributed by atoms with Crippen molar-refractivity contribution in [3.63, 3.8) is 0 Å². The Kier molecular flexibility index (Phi) is 9.47. The van der Waals surface area contributed by atoms with Crippen LogP contribution in [0.5, 0.6) is 11.5 Å². The first-order valence-electron chi connectivity index (χ1n) is 11.4. The number of ether oxygens (including phenoxy) is 2. The van der Waals surface area contributed by atoms with Crippen LogP contribution in [0.4, 0.5) is 0 Å². The van der Waals surface area contributed by atoms with E-state index in [2.05, 4.69) is 13.8 Å². The van der Waals surface area contributed by atoms with Crippen molar-refractivity contribution in [2.45, 2.75) is 72.9 Å². The standard InChI is InChI=1S/C24H38N2O4/c1-6-13-25(24(28)20-10-9-14-26(20)23(27)18(4)5)17-19-11-12-21(30-15-7-2)22(16-19)29-8-3/h11-12,16,18,20H,6-10,13-15,17H2,1-5H3. The third-order valence-corrected chi connectivity index (χ3v) is 5.26. The van der Waals surface area contributed by atoms with Gasteiger partial charge in [-0.25, -0.2) is 0 Å². The van der Waals surface area contributed by atoms with E-state index in [4.69, 9.17) is 9.47 Å². The van der Waals surface area contributed by atoms with E-state index in [1.165, 1.54) is 0 Å². The fourth-order valence-corrected chi connectivity index (χ4v) is 3.84. The molecule has 0 radical (unpaired) electrons. The highest BCUT2D eigenvalue weighted by Gasteiger charge is 2.37. The van der Waals surface area contributed by atoms with Gasteiger partial charge in [-0.1, -0.05) is 33.8 Å². The molecule has 1 saturated heterocycles. The Morgan fingerprint density at radius 2 is 1.90 bits per heavy atom. The first-order chi connectivity index (χ1) is 14.4. The minimum atomic E-state index is -0.343. The number of carbonyl (C=O) groups excluding carboxylic acids is 2. The third kappa shape index (κ3) is 6.13. The molecule has 30 heavy (non-hydrogen) atoms. The van der Waals surface area contributed by atoms with Gasteiger partial charge in [-0.2, -0.15) is 0 Å². The highest BCUT2D eigenvalue weighted by molar-refractivity contribution is 5.89. The fraction of sp³-hybridized carbons (Fsp3) is 0.667. The van der Waals surface area contributed by atoms with Crippen LogP contribution < -0.4 is 9.47 Å². The normalized spacial score (nSPS) is 16.1. The summed E-state index contributed by atoms with van der Waals surface area (Å²) in [7, 11) is 0. The van der Waals surface area contributed by atoms with Crippen molar-refractivity contribution in [1.29, 1.82) is 0 Å². The molecular formula is C24H38N2O4. The molecule has 1 aliphatic heterocycles. The maximum absolute atomic E-state index is 13.4. The summed E-state index contributed by atoms with van der Waals surface area (Å²) in [4.78, 5) is 29.6. The zero-order chi connectivity index (χ0) is 22.1. The van der Waals surface area contributed by atoms with Gasteiger partial charge in [-0.3, -0.25) is 9.59 Å². The molecule has 0 aliphatic carbocycles. The summed E-state index contributed by atoms with van der Waals surface area (Å²) >= 11 is 0. The molecule has 1 aliphatic rings. The molecule has 2 amide bonds. The number of amides is 2. The predicted molar refractivity (Wildman–Crippen MR) is 119 cm³/mol. The molecule has 0 spiro atoms. The van der Waals surface area contributed by atoms with Crippen LogP contribution in [0.15, 0.2) is 18.2 Å². The molecule has 1 aromatic rings. The Balaban J connectivity index is 2.19. The molecule has 1 unspecified atom stereocenters. The van der Waals surface area contributed by atoms with Crippen LogP contribution in [-0.4, -0.2) is 54.0 Å². The van der Waals surface area contributed by atoms with Gasteiger partial charge in [0.05, 0.1) is 13.2 Å². The van der Waals surface area contributed by atoms with Gasteiger partial charge in [0.2, 0.25) is 11.8 Å². The number of nitrogens with zero attached hydrogens (tertiary/aromatic N) is 2. The molecule has 0 bridgehead atoms. The topological polar surface area (TPSA) is 59.1 Å². The van der Waals surface area contributed by atoms with Gasteiger partial charge in [0.25, 0.3) is 0 Å². The molecule has 6 nitrogen and oxygen atoms in total. The van der Waals surface area contributed by atoms with E-state index < -0.39 is 0 Å². The Bertz CT molecular complexity index is 704. The summed E-state index contributed by atoms with van der Waals surface area (Å²) in [6, 6.07) is 5.55. The second-order valence-corrected chi connectivity index (χ2v) is 8.17. The molecule has 1 fully saturated rings. The average Bonchev–Trinajstić information content (AvgIpc) is 3.21. The zero-order valence-corrected chi connectivity index (χ0v) is 19.3. The lowest BCUT2D eigenvalue weighted by molar-refractivity contribution is -0.145. The van der Waals surface area contributed by atoms with Crippen LogP contribution in [0.2, 0.25) is 0 Å². The molecule has 168 valence electrons. The molecule has 0 aromatic heterocycles. The van der Waals surface area contributed by atoms with E-state index in [0.717, 1.165) is 37.0 Å². The Hall–Kier alpha value is -2.24. The number of benzene rings is 1. The summed E-state index contributed by atoms with van der Waals surface area (Å²) in [6.45, 7) is 12.9. The predicted octanol–water partition coefficient (Wildman–Crippen LogP) is 4.26. The molecule has 0 saturated carbocycles. The minimum Gasteiger partial charge on any atom is -0.490 e. The summed E-state index contributed by atoms with van der Waals surface area (Å²) in [5, 5.41) is 0. The SMILES string of the molecule is CCCOc1ccc(CN(CCC)C(=O)C2CCCN2C(=O)C(C)C)cc1OCC. The van der Waals surface area contributed by atoms with Gasteiger partial charge in [0.1, 0.15) is 6.04 Å². The van der Waals surface area contributed by atoms with E-state index in [1.807, 2.05) is 43.9 Å². The maximum atomic E-state index is 13.4. The fourth-order valence-electron chi connectivity index (χ4n) is 3.84. The quantitative estimate of drug-likeness (QED) is 0.539. The van der Waals surface area contributed by atoms with Crippen LogP contribution in [0, 0.1) is 5.92 Å². The smallest absolute Gasteiger partial charge is 0.245 e. The van der Waals surface area contributed by atoms with E-state index in [-0.39, 0.29) is 23.8 Å². The van der Waals surface area contributed by atoms with Crippen LogP contribution in [0.25, 0.3) is 0 Å². The summed E-state index contributed by atoms with van der Waals surface area (Å²) in [5.74, 6) is 1.47. The Labute approximate surface area is 181 Å². The number of hydrogen-bond donors (Lipinski definition) is 0. The van der Waals surface area contributed by atoms with Crippen LogP contribution >= 0.6 is 0 Å². The van der Waals surface area contributed by atoms with Gasteiger partial charge < -0.3 is 19.3 Å². The van der Waals surface area contributed by atoms with E-state index in [9.17, 15) is 9.59 Å². The number of rotatable bonds is 11. The van der Waals surface area contributed by atoms with Crippen molar-refractivity contribution < 1.29 is 19.1 Å². The molecule has 1 heterocycles. The first kappa shape index (κ1) is 24.0. The van der Waals surface area contributed by atoms with Crippen molar-refractivity contribution in [2.24, 2.45) is 5.92 Å². The van der Waals surface area contributed by atoms with Crippen LogP contribution in [-0.2, 0) is 16.1 Å². The van der Waals surface area contributed by atoms with Gasteiger partial charge in [-0.15, -0.1) is 0 Å². The van der Waals surface area contributed by atoms with Crippen molar-refractivity contribution >= 4 is 11.8 Å². The van der Waals surface area contributed by atoms with E-state index in [0.29, 0.717) is 38.6 Å². The van der Waals surface area contributed by atoms with Gasteiger partial charge >= 0.3 is 0 Å². The molecule has 0 N–H and O–H groups in total.